The summed E-state index contributed by atoms with van der Waals surface area (Å²) in [4.78, 5) is 7.31. The number of allylic oxidation sites excluding steroid dienone is 9. The van der Waals surface area contributed by atoms with E-state index in [1.54, 1.807) is 13.0 Å². The molecule has 240 valence electrons. The van der Waals surface area contributed by atoms with Crippen LogP contribution in [0.2, 0.25) is 5.02 Å². The van der Waals surface area contributed by atoms with E-state index in [1.165, 1.54) is 34.7 Å². The minimum Gasteiger partial charge on any atom is -0.358 e. The van der Waals surface area contributed by atoms with Crippen LogP contribution in [-0.2, 0) is 6.42 Å². The number of hydrogen-bond donors (Lipinski definition) is 1. The van der Waals surface area contributed by atoms with E-state index in [1.807, 2.05) is 33.8 Å². The summed E-state index contributed by atoms with van der Waals surface area (Å²) in [5.41, 5.74) is 5.85. The summed E-state index contributed by atoms with van der Waals surface area (Å²) in [6.07, 6.45) is 12.5. The van der Waals surface area contributed by atoms with Crippen molar-refractivity contribution < 1.29 is 17.6 Å². The molecule has 2 nitrogen and oxygen atoms in total. The number of fused-ring (bicyclic) bond motifs is 1. The second-order valence-corrected chi connectivity index (χ2v) is 11.1. The van der Waals surface area contributed by atoms with Crippen LogP contribution in [0.4, 0.5) is 17.6 Å². The molecule has 1 heterocycles. The van der Waals surface area contributed by atoms with Crippen LogP contribution in [-0.4, -0.2) is 17.4 Å². The molecule has 1 aromatic heterocycles. The van der Waals surface area contributed by atoms with Crippen LogP contribution in [0.25, 0.3) is 10.9 Å². The molecule has 0 amide bonds. The van der Waals surface area contributed by atoms with Crippen molar-refractivity contribution in [3.63, 3.8) is 0 Å². The van der Waals surface area contributed by atoms with Gasteiger partial charge in [0.15, 0.2) is 0 Å². The molecular formula is C36H51ClF4N2. The molecule has 1 atom stereocenters. The Balaban J connectivity index is 0.000000827. The zero-order valence-electron chi connectivity index (χ0n) is 27.5. The van der Waals surface area contributed by atoms with E-state index >= 15 is 0 Å². The van der Waals surface area contributed by atoms with Crippen LogP contribution < -0.4 is 0 Å². The average molecular weight is 623 g/mol. The summed E-state index contributed by atoms with van der Waals surface area (Å²) in [6.45, 7) is 20.9. The zero-order chi connectivity index (χ0) is 33.2. The number of rotatable bonds is 11. The second kappa shape index (κ2) is 20.9. The number of benzene rings is 1. The highest BCUT2D eigenvalue weighted by Crippen LogP contribution is 2.35. The van der Waals surface area contributed by atoms with E-state index < -0.39 is 11.7 Å². The van der Waals surface area contributed by atoms with Crippen molar-refractivity contribution in [3.8, 4) is 0 Å². The fraction of sp³-hybridized carbons (Fsp3) is 0.472. The number of hydrogen-bond acceptors (Lipinski definition) is 1. The van der Waals surface area contributed by atoms with Gasteiger partial charge in [0.2, 0.25) is 0 Å². The molecular weight excluding hydrogens is 572 g/mol. The Morgan fingerprint density at radius 2 is 1.70 bits per heavy atom. The van der Waals surface area contributed by atoms with E-state index in [-0.39, 0.29) is 16.8 Å². The lowest BCUT2D eigenvalue weighted by Crippen LogP contribution is -2.08. The number of aromatic nitrogens is 1. The molecule has 1 aromatic carbocycles. The van der Waals surface area contributed by atoms with Crippen molar-refractivity contribution in [2.75, 3.05) is 0 Å². The quantitative estimate of drug-likeness (QED) is 0.112. The van der Waals surface area contributed by atoms with Crippen LogP contribution in [0.3, 0.4) is 0 Å². The Hall–Kier alpha value is -2.86. The van der Waals surface area contributed by atoms with E-state index in [2.05, 4.69) is 55.6 Å². The molecule has 0 saturated heterocycles. The fourth-order valence-corrected chi connectivity index (χ4v) is 4.19. The zero-order valence-corrected chi connectivity index (χ0v) is 28.2. The Bertz CT molecular complexity index is 1290. The first kappa shape index (κ1) is 40.1. The number of nitrogens with one attached hydrogen (secondary N) is 1. The largest absolute Gasteiger partial charge is 0.412 e. The van der Waals surface area contributed by atoms with E-state index in [0.29, 0.717) is 0 Å². The number of halogens is 5. The van der Waals surface area contributed by atoms with Crippen LogP contribution in [0.5, 0.6) is 0 Å². The maximum Gasteiger partial charge on any atom is 0.412 e. The lowest BCUT2D eigenvalue weighted by atomic mass is 9.91. The topological polar surface area (TPSA) is 28.1 Å². The highest BCUT2D eigenvalue weighted by Gasteiger charge is 2.29. The standard InChI is InChI=1S/C22H29ClFN.C10H14F3N.C4H8/c1-5-8-11-16(10-7-3)15(4)22-17(12-9-6-2)18-13-19(23)20(24)14-21(18)25-22;1-4-5-9(3)14-7-6-8(2)10(11,12)13;1-4(2)3/h7,10-11,13-15,25H,5-6,8-9,12H2,1-4H3;5-7H,4H2,1-3H3;1H2,2-3H3/b10-7-,16-11+;8-6+,9-5+,14-7+;. The van der Waals surface area contributed by atoms with Gasteiger partial charge >= 0.3 is 6.18 Å². The normalized spacial score (nSPS) is 13.7. The number of aliphatic imine (C=N–C) groups is 1. The summed E-state index contributed by atoms with van der Waals surface area (Å²) < 4.78 is 49.8. The molecule has 0 aliphatic carbocycles. The Morgan fingerprint density at radius 3 is 2.21 bits per heavy atom. The Morgan fingerprint density at radius 1 is 1.07 bits per heavy atom. The third-order valence-electron chi connectivity index (χ3n) is 6.27. The number of aryl methyl sites for hydroxylation is 1. The molecule has 0 aliphatic heterocycles. The third-order valence-corrected chi connectivity index (χ3v) is 6.56. The summed E-state index contributed by atoms with van der Waals surface area (Å²) in [5.74, 6) is -0.129. The lowest BCUT2D eigenvalue weighted by molar-refractivity contribution is -0.0911. The third kappa shape index (κ3) is 15.4. The molecule has 7 heteroatoms. The lowest BCUT2D eigenvalue weighted by Gasteiger charge is -2.15. The van der Waals surface area contributed by atoms with Crippen molar-refractivity contribution in [1.82, 2.24) is 4.98 Å². The molecule has 0 saturated carbocycles. The number of aromatic amines is 1. The molecule has 2 aromatic rings. The minimum absolute atomic E-state index is 0.193. The van der Waals surface area contributed by atoms with Crippen LogP contribution in [0, 0.1) is 5.82 Å². The highest BCUT2D eigenvalue weighted by atomic mass is 35.5. The van der Waals surface area contributed by atoms with Crippen molar-refractivity contribution in [1.29, 1.82) is 0 Å². The summed E-state index contributed by atoms with van der Waals surface area (Å²) >= 11 is 6.05. The van der Waals surface area contributed by atoms with E-state index in [4.69, 9.17) is 11.6 Å². The van der Waals surface area contributed by atoms with Crippen LogP contribution in [0.1, 0.15) is 112 Å². The molecule has 0 spiro atoms. The molecule has 43 heavy (non-hydrogen) atoms. The monoisotopic (exact) mass is 622 g/mol. The fourth-order valence-electron chi connectivity index (χ4n) is 4.03. The SMILES string of the molecule is C/C=C\C(=C/CCC)C(C)c1[nH]c2cc(F)c(Cl)cc2c1CCCC.C=C(C)C.CC/C=C(C)/N=C/C=C(\C)C(F)(F)F. The molecule has 1 unspecified atom stereocenters. The van der Waals surface area contributed by atoms with Gasteiger partial charge in [0.25, 0.3) is 0 Å². The predicted molar refractivity (Wildman–Crippen MR) is 181 cm³/mol. The van der Waals surface area contributed by atoms with Crippen LogP contribution >= 0.6 is 11.6 Å². The van der Waals surface area contributed by atoms with Crippen molar-refractivity contribution in [2.45, 2.75) is 113 Å². The van der Waals surface area contributed by atoms with Gasteiger partial charge in [0.05, 0.1) is 5.02 Å². The second-order valence-electron chi connectivity index (χ2n) is 10.7. The first-order valence-electron chi connectivity index (χ1n) is 15.0. The summed E-state index contributed by atoms with van der Waals surface area (Å²) in [6, 6.07) is 3.30. The van der Waals surface area contributed by atoms with Gasteiger partial charge in [0, 0.05) is 40.0 Å². The number of H-pyrrole nitrogens is 1. The maximum atomic E-state index is 13.9. The molecule has 0 bridgehead atoms. The number of unbranched alkanes of at least 4 members (excludes halogenated alkanes) is 2. The van der Waals surface area contributed by atoms with Gasteiger partial charge in [-0.3, -0.25) is 4.99 Å². The molecule has 1 N–H and O–H groups in total. The van der Waals surface area contributed by atoms with Gasteiger partial charge in [0.1, 0.15) is 5.82 Å². The molecule has 0 fully saturated rings. The highest BCUT2D eigenvalue weighted by molar-refractivity contribution is 6.31. The summed E-state index contributed by atoms with van der Waals surface area (Å²) in [7, 11) is 0. The summed E-state index contributed by atoms with van der Waals surface area (Å²) in [5, 5.41) is 1.25. The molecule has 0 aliphatic rings. The smallest absolute Gasteiger partial charge is 0.358 e. The maximum absolute atomic E-state index is 13.9. The van der Waals surface area contributed by atoms with Gasteiger partial charge < -0.3 is 4.98 Å². The van der Waals surface area contributed by atoms with Crippen molar-refractivity contribution in [3.05, 3.63) is 93.6 Å². The Labute approximate surface area is 262 Å². The Kier molecular flexibility index (Phi) is 19.6. The number of nitrogens with zero attached hydrogens (tertiary/aromatic N) is 1. The van der Waals surface area contributed by atoms with Gasteiger partial charge in [-0.25, -0.2) is 4.39 Å². The van der Waals surface area contributed by atoms with Gasteiger partial charge in [-0.2, -0.15) is 13.2 Å². The van der Waals surface area contributed by atoms with Gasteiger partial charge in [-0.1, -0.05) is 82.0 Å². The van der Waals surface area contributed by atoms with Gasteiger partial charge in [-0.15, -0.1) is 6.58 Å². The number of alkyl halides is 3. The average Bonchev–Trinajstić information content (AvgIpc) is 3.26. The van der Waals surface area contributed by atoms with Crippen molar-refractivity contribution in [2.24, 2.45) is 4.99 Å². The first-order chi connectivity index (χ1) is 20.1. The first-order valence-corrected chi connectivity index (χ1v) is 15.4. The van der Waals surface area contributed by atoms with Crippen molar-refractivity contribution >= 4 is 28.7 Å². The molecule has 2 rings (SSSR count). The molecule has 0 radical (unpaired) electrons. The minimum atomic E-state index is -4.26. The van der Waals surface area contributed by atoms with E-state index in [0.717, 1.165) is 68.1 Å². The van der Waals surface area contributed by atoms with Gasteiger partial charge in [-0.05, 0) is 89.6 Å². The van der Waals surface area contributed by atoms with E-state index in [9.17, 15) is 17.6 Å². The van der Waals surface area contributed by atoms with Crippen LogP contribution in [0.15, 0.2) is 76.5 Å². The predicted octanol–water partition coefficient (Wildman–Crippen LogP) is 13.2.